The van der Waals surface area contributed by atoms with E-state index in [2.05, 4.69) is 39.0 Å². The minimum absolute atomic E-state index is 0.744. The van der Waals surface area contributed by atoms with E-state index in [1.807, 2.05) is 21.2 Å². The Hall–Kier alpha value is -1.83. The SMILES string of the molecule is CCN(CC)c1cc2nnc(SC)n2c2ncnn12. The zero-order chi connectivity index (χ0) is 13.4. The summed E-state index contributed by atoms with van der Waals surface area (Å²) in [6, 6.07) is 2.00. The van der Waals surface area contributed by atoms with Gasteiger partial charge in [-0.2, -0.15) is 14.6 Å². The molecule has 0 radical (unpaired) electrons. The largest absolute Gasteiger partial charge is 0.357 e. The van der Waals surface area contributed by atoms with Crippen LogP contribution < -0.4 is 4.90 Å². The van der Waals surface area contributed by atoms with Crippen LogP contribution in [0.3, 0.4) is 0 Å². The third-order valence-electron chi connectivity index (χ3n) is 3.13. The van der Waals surface area contributed by atoms with Crippen LogP contribution in [-0.2, 0) is 0 Å². The molecule has 3 heterocycles. The van der Waals surface area contributed by atoms with Gasteiger partial charge in [-0.1, -0.05) is 11.8 Å². The molecule has 3 aromatic rings. The van der Waals surface area contributed by atoms with E-state index in [0.717, 1.165) is 35.5 Å². The monoisotopic (exact) mass is 277 g/mol. The normalized spacial score (nSPS) is 11.5. The quantitative estimate of drug-likeness (QED) is 0.671. The fourth-order valence-electron chi connectivity index (χ4n) is 2.19. The Morgan fingerprint density at radius 1 is 1.26 bits per heavy atom. The Bertz CT molecular complexity index is 712. The first-order valence-corrected chi connectivity index (χ1v) is 7.39. The third-order valence-corrected chi connectivity index (χ3v) is 3.76. The van der Waals surface area contributed by atoms with Crippen LogP contribution in [0.1, 0.15) is 13.8 Å². The second-order valence-electron chi connectivity index (χ2n) is 4.03. The lowest BCUT2D eigenvalue weighted by Crippen LogP contribution is -2.25. The predicted molar refractivity (Wildman–Crippen MR) is 74.9 cm³/mol. The van der Waals surface area contributed by atoms with E-state index in [4.69, 9.17) is 0 Å². The lowest BCUT2D eigenvalue weighted by Gasteiger charge is -2.21. The minimum atomic E-state index is 0.744. The van der Waals surface area contributed by atoms with Gasteiger partial charge in [0.15, 0.2) is 10.8 Å². The Labute approximate surface area is 114 Å². The molecular weight excluding hydrogens is 262 g/mol. The maximum atomic E-state index is 4.33. The van der Waals surface area contributed by atoms with Crippen molar-refractivity contribution in [1.29, 1.82) is 0 Å². The second-order valence-corrected chi connectivity index (χ2v) is 4.80. The van der Waals surface area contributed by atoms with Gasteiger partial charge in [0.05, 0.1) is 0 Å². The summed E-state index contributed by atoms with van der Waals surface area (Å²) >= 11 is 1.54. The number of nitrogens with zero attached hydrogens (tertiary/aromatic N) is 7. The molecule has 100 valence electrons. The predicted octanol–water partition coefficient (Wildman–Crippen LogP) is 1.34. The van der Waals surface area contributed by atoms with Crippen LogP contribution in [0.5, 0.6) is 0 Å². The highest BCUT2D eigenvalue weighted by Gasteiger charge is 2.16. The number of hydrogen-bond acceptors (Lipinski definition) is 6. The lowest BCUT2D eigenvalue weighted by atomic mass is 10.4. The van der Waals surface area contributed by atoms with Gasteiger partial charge in [-0.15, -0.1) is 10.2 Å². The lowest BCUT2D eigenvalue weighted by molar-refractivity contribution is 0.792. The Morgan fingerprint density at radius 2 is 2.05 bits per heavy atom. The van der Waals surface area contributed by atoms with Gasteiger partial charge in [0, 0.05) is 19.2 Å². The third kappa shape index (κ3) is 1.74. The number of anilines is 1. The van der Waals surface area contributed by atoms with Crippen molar-refractivity contribution in [2.75, 3.05) is 24.2 Å². The van der Waals surface area contributed by atoms with E-state index < -0.39 is 0 Å². The van der Waals surface area contributed by atoms with Crippen molar-refractivity contribution in [2.24, 2.45) is 0 Å². The van der Waals surface area contributed by atoms with Gasteiger partial charge in [-0.3, -0.25) is 0 Å². The molecule has 0 aromatic carbocycles. The first-order chi connectivity index (χ1) is 9.30. The number of fused-ring (bicyclic) bond motifs is 3. The summed E-state index contributed by atoms with van der Waals surface area (Å²) in [5, 5.41) is 13.5. The molecule has 8 heteroatoms. The molecule has 7 nitrogen and oxygen atoms in total. The zero-order valence-corrected chi connectivity index (χ0v) is 11.9. The van der Waals surface area contributed by atoms with Crippen molar-refractivity contribution in [2.45, 2.75) is 19.0 Å². The van der Waals surface area contributed by atoms with E-state index in [9.17, 15) is 0 Å². The summed E-state index contributed by atoms with van der Waals surface area (Å²) in [6.45, 7) is 6.05. The molecule has 0 bridgehead atoms. The fourth-order valence-corrected chi connectivity index (χ4v) is 2.67. The molecule has 0 aliphatic rings. The topological polar surface area (TPSA) is 63.6 Å². The number of thioether (sulfide) groups is 1. The smallest absolute Gasteiger partial charge is 0.242 e. The van der Waals surface area contributed by atoms with Crippen LogP contribution in [0.25, 0.3) is 11.4 Å². The van der Waals surface area contributed by atoms with Gasteiger partial charge >= 0.3 is 0 Å². The Balaban J connectivity index is 2.36. The van der Waals surface area contributed by atoms with E-state index in [-0.39, 0.29) is 0 Å². The molecular formula is C11H15N7S. The van der Waals surface area contributed by atoms with Crippen molar-refractivity contribution >= 4 is 29.0 Å². The van der Waals surface area contributed by atoms with Gasteiger partial charge in [0.25, 0.3) is 0 Å². The van der Waals surface area contributed by atoms with Gasteiger partial charge in [0.2, 0.25) is 5.78 Å². The van der Waals surface area contributed by atoms with Crippen LogP contribution in [0, 0.1) is 0 Å². The van der Waals surface area contributed by atoms with Crippen molar-refractivity contribution in [3.63, 3.8) is 0 Å². The van der Waals surface area contributed by atoms with E-state index in [1.54, 1.807) is 18.1 Å². The highest BCUT2D eigenvalue weighted by Crippen LogP contribution is 2.22. The second kappa shape index (κ2) is 4.69. The summed E-state index contributed by atoms with van der Waals surface area (Å²) in [5.74, 6) is 1.74. The van der Waals surface area contributed by atoms with Crippen LogP contribution in [0.15, 0.2) is 17.6 Å². The molecule has 3 aromatic heterocycles. The van der Waals surface area contributed by atoms with E-state index in [1.165, 1.54) is 0 Å². The summed E-state index contributed by atoms with van der Waals surface area (Å²) in [6.07, 6.45) is 3.54. The Morgan fingerprint density at radius 3 is 2.74 bits per heavy atom. The fraction of sp³-hybridized carbons (Fsp3) is 0.455. The highest BCUT2D eigenvalue weighted by atomic mass is 32.2. The van der Waals surface area contributed by atoms with Crippen molar-refractivity contribution < 1.29 is 0 Å². The maximum absolute atomic E-state index is 4.33. The molecule has 19 heavy (non-hydrogen) atoms. The summed E-state index contributed by atoms with van der Waals surface area (Å²) in [7, 11) is 0. The van der Waals surface area contributed by atoms with Crippen LogP contribution in [0.4, 0.5) is 5.82 Å². The van der Waals surface area contributed by atoms with Crippen molar-refractivity contribution in [3.05, 3.63) is 12.4 Å². The highest BCUT2D eigenvalue weighted by molar-refractivity contribution is 7.98. The molecule has 0 aliphatic heterocycles. The molecule has 0 saturated carbocycles. The van der Waals surface area contributed by atoms with Gasteiger partial charge in [-0.25, -0.2) is 4.40 Å². The van der Waals surface area contributed by atoms with Crippen molar-refractivity contribution in [3.8, 4) is 0 Å². The molecule has 3 rings (SSSR count). The number of aromatic nitrogens is 6. The standard InChI is InChI=1S/C11H15N7S/c1-4-16(5-2)9-6-8-14-15-11(19-3)17(8)10-12-7-13-18(9)10/h6-7H,4-5H2,1-3H3. The molecule has 0 unspecified atom stereocenters. The van der Waals surface area contributed by atoms with Gasteiger partial charge < -0.3 is 4.90 Å². The van der Waals surface area contributed by atoms with Crippen LogP contribution in [0.2, 0.25) is 0 Å². The average molecular weight is 277 g/mol. The number of rotatable bonds is 4. The minimum Gasteiger partial charge on any atom is -0.357 e. The first kappa shape index (κ1) is 12.2. The van der Waals surface area contributed by atoms with E-state index >= 15 is 0 Å². The molecule has 0 fully saturated rings. The van der Waals surface area contributed by atoms with Crippen molar-refractivity contribution in [1.82, 2.24) is 29.2 Å². The first-order valence-electron chi connectivity index (χ1n) is 6.17. The average Bonchev–Trinajstić information content (AvgIpc) is 3.05. The summed E-state index contributed by atoms with van der Waals surface area (Å²) in [4.78, 5) is 6.55. The Kier molecular flexibility index (Phi) is 3.02. The van der Waals surface area contributed by atoms with Gasteiger partial charge in [0.1, 0.15) is 12.1 Å². The van der Waals surface area contributed by atoms with Crippen LogP contribution >= 0.6 is 11.8 Å². The summed E-state index contributed by atoms with van der Waals surface area (Å²) in [5.41, 5.74) is 0.798. The molecule has 0 aliphatic carbocycles. The molecule has 0 spiro atoms. The summed E-state index contributed by atoms with van der Waals surface area (Å²) < 4.78 is 3.76. The van der Waals surface area contributed by atoms with Crippen LogP contribution in [-0.4, -0.2) is 48.5 Å². The number of hydrogen-bond donors (Lipinski definition) is 0. The molecule has 0 N–H and O–H groups in total. The molecule has 0 saturated heterocycles. The van der Waals surface area contributed by atoms with E-state index in [0.29, 0.717) is 0 Å². The van der Waals surface area contributed by atoms with Gasteiger partial charge in [-0.05, 0) is 20.1 Å². The molecule has 0 atom stereocenters. The molecule has 0 amide bonds. The zero-order valence-electron chi connectivity index (χ0n) is 11.1. The maximum Gasteiger partial charge on any atom is 0.242 e.